The number of phenolic OH excluding ortho intramolecular Hbond substituents is 1. The molecule has 0 amide bonds. The minimum atomic E-state index is -0.106. The number of nitrogens with two attached hydrogens (primary N) is 1. The van der Waals surface area contributed by atoms with Crippen LogP contribution in [0.5, 0.6) is 5.75 Å². The number of fused-ring (bicyclic) bond motifs is 2. The molecule has 2 fully saturated rings. The van der Waals surface area contributed by atoms with Gasteiger partial charge in [-0.2, -0.15) is 0 Å². The zero-order valence-electron chi connectivity index (χ0n) is 29.2. The lowest BCUT2D eigenvalue weighted by Crippen LogP contribution is -2.26. The Hall–Kier alpha value is -5.71. The largest absolute Gasteiger partial charge is 0.507 e. The lowest BCUT2D eigenvalue weighted by molar-refractivity contribution is 0.112. The number of rotatable bonds is 7. The highest BCUT2D eigenvalue weighted by Gasteiger charge is 2.38. The van der Waals surface area contributed by atoms with Gasteiger partial charge in [0.15, 0.2) is 17.8 Å². The van der Waals surface area contributed by atoms with E-state index in [-0.39, 0.29) is 11.3 Å². The van der Waals surface area contributed by atoms with Gasteiger partial charge < -0.3 is 15.7 Å². The molecule has 2 aliphatic heterocycles. The number of hydrogen-bond acceptors (Lipinski definition) is 9. The first kappa shape index (κ1) is 35.1. The Bertz CT molecular complexity index is 2100. The van der Waals surface area contributed by atoms with E-state index in [1.165, 1.54) is 49.9 Å². The van der Waals surface area contributed by atoms with Gasteiger partial charge in [0.1, 0.15) is 23.4 Å². The number of benzene rings is 3. The van der Waals surface area contributed by atoms with E-state index < -0.39 is 0 Å². The lowest BCUT2D eigenvalue weighted by atomic mass is 10.0. The molecule has 3 N–H and O–H groups in total. The Morgan fingerprint density at radius 2 is 1.55 bits per heavy atom. The smallest absolute Gasteiger partial charge is 0.165 e. The number of aromatic nitrogens is 4. The van der Waals surface area contributed by atoms with E-state index in [2.05, 4.69) is 62.8 Å². The van der Waals surface area contributed by atoms with Crippen molar-refractivity contribution in [3.8, 4) is 34.1 Å². The average Bonchev–Trinajstić information content (AvgIpc) is 3.84. The number of carbonyl (C=O) groups is 2. The van der Waals surface area contributed by atoms with Gasteiger partial charge in [-0.15, -0.1) is 0 Å². The third-order valence-corrected chi connectivity index (χ3v) is 9.31. The van der Waals surface area contributed by atoms with E-state index in [0.29, 0.717) is 24.0 Å². The van der Waals surface area contributed by atoms with Crippen LogP contribution in [0.2, 0.25) is 0 Å². The van der Waals surface area contributed by atoms with Crippen LogP contribution < -0.4 is 5.73 Å². The van der Waals surface area contributed by atoms with Gasteiger partial charge in [0.05, 0.1) is 16.8 Å². The monoisotopic (exact) mass is 681 g/mol. The van der Waals surface area contributed by atoms with E-state index in [9.17, 15) is 9.59 Å². The Balaban J connectivity index is 0.000000294. The van der Waals surface area contributed by atoms with Gasteiger partial charge in [0.2, 0.25) is 0 Å². The van der Waals surface area contributed by atoms with Gasteiger partial charge in [-0.05, 0) is 79.0 Å². The molecule has 2 unspecified atom stereocenters. The number of imidazole rings is 1. The zero-order valence-corrected chi connectivity index (χ0v) is 29.2. The second-order valence-corrected chi connectivity index (χ2v) is 12.8. The lowest BCUT2D eigenvalue weighted by Gasteiger charge is -2.19. The molecule has 0 saturated carbocycles. The van der Waals surface area contributed by atoms with Crippen LogP contribution in [-0.2, 0) is 6.54 Å². The molecule has 10 heteroatoms. The molecule has 0 radical (unpaired) electrons. The molecule has 51 heavy (non-hydrogen) atoms. The summed E-state index contributed by atoms with van der Waals surface area (Å²) >= 11 is 0. The fourth-order valence-electron chi connectivity index (χ4n) is 6.96. The van der Waals surface area contributed by atoms with Crippen molar-refractivity contribution in [3.63, 3.8) is 0 Å². The SMILES string of the molecule is CC.CN1CC2CN(Cc3ccc(-n4c(-c5cccnc5N)nc5ccc(-c6ccccc6)nc54)cc3)CC2C1.O=Cc1ccc(O)c(C=O)c1. The van der Waals surface area contributed by atoms with E-state index in [1.54, 1.807) is 6.20 Å². The summed E-state index contributed by atoms with van der Waals surface area (Å²) in [5.74, 6) is 2.72. The van der Waals surface area contributed by atoms with E-state index >= 15 is 0 Å². The quantitative estimate of drug-likeness (QED) is 0.175. The van der Waals surface area contributed by atoms with Crippen molar-refractivity contribution in [2.24, 2.45) is 11.8 Å². The maximum Gasteiger partial charge on any atom is 0.165 e. The van der Waals surface area contributed by atoms with Crippen molar-refractivity contribution in [1.82, 2.24) is 29.3 Å². The minimum Gasteiger partial charge on any atom is -0.507 e. The Labute approximate surface area is 298 Å². The van der Waals surface area contributed by atoms with Crippen LogP contribution in [0.4, 0.5) is 5.82 Å². The normalized spacial score (nSPS) is 16.8. The molecule has 6 aromatic rings. The van der Waals surface area contributed by atoms with Gasteiger partial charge in [0, 0.05) is 55.7 Å². The van der Waals surface area contributed by atoms with E-state index in [4.69, 9.17) is 20.8 Å². The van der Waals surface area contributed by atoms with Gasteiger partial charge in [-0.1, -0.05) is 56.3 Å². The molecule has 2 aliphatic rings. The summed E-state index contributed by atoms with van der Waals surface area (Å²) in [4.78, 5) is 39.8. The van der Waals surface area contributed by atoms with Crippen molar-refractivity contribution in [2.75, 3.05) is 39.0 Å². The van der Waals surface area contributed by atoms with Crippen LogP contribution in [0.15, 0.2) is 103 Å². The standard InChI is InChI=1S/C31H31N7.C8H6O3.C2H6/c1-36-17-23-19-37(20-24(23)18-36)16-21-9-11-25(12-10-21)38-30(26-8-5-15-33-29(26)32)35-28-14-13-27(34-31(28)38)22-6-3-2-4-7-22;9-4-6-1-2-8(11)7(3-6)5-10;1-2/h2-15,23-24H,16-20H2,1H3,(H2,32,33);1-5,11H;1-2H3. The number of pyridine rings is 2. The predicted octanol–water partition coefficient (Wildman–Crippen LogP) is 6.77. The van der Waals surface area contributed by atoms with Crippen molar-refractivity contribution in [2.45, 2.75) is 20.4 Å². The Morgan fingerprint density at radius 1 is 0.824 bits per heavy atom. The number of aromatic hydroxyl groups is 1. The number of phenols is 1. The van der Waals surface area contributed by atoms with Crippen molar-refractivity contribution in [1.29, 1.82) is 0 Å². The number of carbonyl (C=O) groups excluding carboxylic acids is 2. The number of nitrogens with zero attached hydrogens (tertiary/aromatic N) is 6. The molecular weight excluding hydrogens is 638 g/mol. The highest BCUT2D eigenvalue weighted by Crippen LogP contribution is 2.33. The van der Waals surface area contributed by atoms with Gasteiger partial charge in [-0.3, -0.25) is 19.1 Å². The van der Waals surface area contributed by atoms with E-state index in [1.807, 2.05) is 56.3 Å². The minimum absolute atomic E-state index is 0.106. The van der Waals surface area contributed by atoms with Crippen molar-refractivity contribution < 1.29 is 14.7 Å². The number of hydrogen-bond donors (Lipinski definition) is 2. The number of aldehydes is 2. The molecule has 8 rings (SSSR count). The molecule has 10 nitrogen and oxygen atoms in total. The molecule has 5 heterocycles. The Morgan fingerprint density at radius 3 is 2.22 bits per heavy atom. The van der Waals surface area contributed by atoms with Gasteiger partial charge in [-0.25, -0.2) is 15.0 Å². The number of likely N-dealkylation sites (tertiary alicyclic amines) is 2. The van der Waals surface area contributed by atoms with Crippen molar-refractivity contribution in [3.05, 3.63) is 120 Å². The second kappa shape index (κ2) is 15.9. The van der Waals surface area contributed by atoms with Gasteiger partial charge in [0.25, 0.3) is 0 Å². The van der Waals surface area contributed by atoms with Crippen LogP contribution >= 0.6 is 0 Å². The molecule has 0 bridgehead atoms. The fraction of sp³-hybridized carbons (Fsp3) is 0.244. The zero-order chi connectivity index (χ0) is 35.9. The van der Waals surface area contributed by atoms with Crippen LogP contribution in [0.3, 0.4) is 0 Å². The first-order chi connectivity index (χ1) is 24.9. The third-order valence-electron chi connectivity index (χ3n) is 9.31. The molecule has 2 saturated heterocycles. The van der Waals surface area contributed by atoms with Crippen LogP contribution in [0.25, 0.3) is 39.5 Å². The summed E-state index contributed by atoms with van der Waals surface area (Å²) in [6.07, 6.45) is 2.83. The number of anilines is 1. The molecular formula is C41H43N7O3. The highest BCUT2D eigenvalue weighted by molar-refractivity contribution is 5.85. The average molecular weight is 682 g/mol. The summed E-state index contributed by atoms with van der Waals surface area (Å²) in [5, 5.41) is 8.98. The maximum absolute atomic E-state index is 10.2. The van der Waals surface area contributed by atoms with Crippen LogP contribution in [0, 0.1) is 11.8 Å². The topological polar surface area (TPSA) is 130 Å². The fourth-order valence-corrected chi connectivity index (χ4v) is 6.96. The Kier molecular flexibility index (Phi) is 10.9. The molecule has 2 atom stereocenters. The summed E-state index contributed by atoms with van der Waals surface area (Å²) in [6.45, 7) is 9.83. The molecule has 3 aromatic carbocycles. The molecule has 0 spiro atoms. The summed E-state index contributed by atoms with van der Waals surface area (Å²) in [5.41, 5.74) is 13.6. The number of nitrogen functional groups attached to an aromatic ring is 1. The van der Waals surface area contributed by atoms with Crippen LogP contribution in [-0.4, -0.2) is 80.2 Å². The first-order valence-corrected chi connectivity index (χ1v) is 17.3. The summed E-state index contributed by atoms with van der Waals surface area (Å²) in [6, 6.07) is 31.1. The summed E-state index contributed by atoms with van der Waals surface area (Å²) in [7, 11) is 2.24. The van der Waals surface area contributed by atoms with Gasteiger partial charge >= 0.3 is 0 Å². The summed E-state index contributed by atoms with van der Waals surface area (Å²) < 4.78 is 2.11. The van der Waals surface area contributed by atoms with E-state index in [0.717, 1.165) is 57.9 Å². The third kappa shape index (κ3) is 7.72. The maximum atomic E-state index is 10.2. The second-order valence-electron chi connectivity index (χ2n) is 12.8. The molecule has 260 valence electrons. The predicted molar refractivity (Wildman–Crippen MR) is 202 cm³/mol. The highest BCUT2D eigenvalue weighted by atomic mass is 16.3. The van der Waals surface area contributed by atoms with Crippen molar-refractivity contribution >= 4 is 29.6 Å². The first-order valence-electron chi connectivity index (χ1n) is 17.3. The van der Waals surface area contributed by atoms with Crippen LogP contribution in [0.1, 0.15) is 40.1 Å². The molecule has 3 aromatic heterocycles. The molecule has 0 aliphatic carbocycles.